The summed E-state index contributed by atoms with van der Waals surface area (Å²) >= 11 is 0. The zero-order valence-electron chi connectivity index (χ0n) is 12.1. The lowest BCUT2D eigenvalue weighted by Crippen LogP contribution is -2.37. The maximum atomic E-state index is 12.1. The number of amides is 2. The SMILES string of the molecule is C=CCN(CCO)C(=O)Nc1ccc(C)cc1OCC. The summed E-state index contributed by atoms with van der Waals surface area (Å²) in [5.74, 6) is 0.642. The zero-order chi connectivity index (χ0) is 15.0. The van der Waals surface area contributed by atoms with Gasteiger partial charge in [-0.25, -0.2) is 4.79 Å². The van der Waals surface area contributed by atoms with Gasteiger partial charge in [0.1, 0.15) is 5.75 Å². The Hall–Kier alpha value is -2.01. The van der Waals surface area contributed by atoms with E-state index in [0.717, 1.165) is 5.56 Å². The molecule has 0 heterocycles. The van der Waals surface area contributed by atoms with E-state index in [9.17, 15) is 4.79 Å². The van der Waals surface area contributed by atoms with Crippen molar-refractivity contribution < 1.29 is 14.6 Å². The van der Waals surface area contributed by atoms with Crippen molar-refractivity contribution in [2.45, 2.75) is 13.8 Å². The molecule has 0 radical (unpaired) electrons. The first-order chi connectivity index (χ1) is 9.62. The summed E-state index contributed by atoms with van der Waals surface area (Å²) < 4.78 is 5.52. The number of hydrogen-bond donors (Lipinski definition) is 2. The normalized spacial score (nSPS) is 9.95. The number of hydrogen-bond acceptors (Lipinski definition) is 3. The molecule has 0 bridgehead atoms. The van der Waals surface area contributed by atoms with Crippen LogP contribution >= 0.6 is 0 Å². The van der Waals surface area contributed by atoms with Gasteiger partial charge < -0.3 is 20.1 Å². The molecule has 20 heavy (non-hydrogen) atoms. The number of urea groups is 1. The van der Waals surface area contributed by atoms with Crippen molar-refractivity contribution in [3.8, 4) is 5.75 Å². The number of nitrogens with zero attached hydrogens (tertiary/aromatic N) is 1. The Bertz CT molecular complexity index is 460. The smallest absolute Gasteiger partial charge is 0.322 e. The van der Waals surface area contributed by atoms with E-state index in [0.29, 0.717) is 24.6 Å². The topological polar surface area (TPSA) is 61.8 Å². The fourth-order valence-corrected chi connectivity index (χ4v) is 1.75. The van der Waals surface area contributed by atoms with Gasteiger partial charge in [-0.3, -0.25) is 0 Å². The number of benzene rings is 1. The van der Waals surface area contributed by atoms with E-state index in [1.807, 2.05) is 32.0 Å². The molecule has 110 valence electrons. The minimum Gasteiger partial charge on any atom is -0.492 e. The Kier molecular flexibility index (Phi) is 6.59. The summed E-state index contributed by atoms with van der Waals surface area (Å²) in [5.41, 5.74) is 1.68. The van der Waals surface area contributed by atoms with Gasteiger partial charge in [-0.2, -0.15) is 0 Å². The molecule has 0 atom stereocenters. The van der Waals surface area contributed by atoms with Crippen LogP contribution in [-0.4, -0.2) is 42.3 Å². The third-order valence-electron chi connectivity index (χ3n) is 2.69. The fourth-order valence-electron chi connectivity index (χ4n) is 1.75. The highest BCUT2D eigenvalue weighted by atomic mass is 16.5. The molecule has 2 N–H and O–H groups in total. The van der Waals surface area contributed by atoms with Crippen LogP contribution in [0.15, 0.2) is 30.9 Å². The maximum absolute atomic E-state index is 12.1. The summed E-state index contributed by atoms with van der Waals surface area (Å²) in [4.78, 5) is 13.6. The second kappa shape index (κ2) is 8.22. The molecule has 0 saturated heterocycles. The van der Waals surface area contributed by atoms with E-state index < -0.39 is 0 Å². The van der Waals surface area contributed by atoms with Crippen molar-refractivity contribution in [2.75, 3.05) is 31.6 Å². The van der Waals surface area contributed by atoms with Gasteiger partial charge in [0, 0.05) is 13.1 Å². The molecule has 0 aliphatic rings. The average Bonchev–Trinajstić information content (AvgIpc) is 2.42. The van der Waals surface area contributed by atoms with Crippen LogP contribution in [0, 0.1) is 6.92 Å². The van der Waals surface area contributed by atoms with Crippen molar-refractivity contribution in [3.63, 3.8) is 0 Å². The van der Waals surface area contributed by atoms with Crippen LogP contribution in [0.5, 0.6) is 5.75 Å². The lowest BCUT2D eigenvalue weighted by Gasteiger charge is -2.21. The Labute approximate surface area is 119 Å². The predicted molar refractivity (Wildman–Crippen MR) is 80.2 cm³/mol. The van der Waals surface area contributed by atoms with E-state index in [-0.39, 0.29) is 19.2 Å². The molecular formula is C15H22N2O3. The largest absolute Gasteiger partial charge is 0.492 e. The first-order valence-corrected chi connectivity index (χ1v) is 6.63. The number of anilines is 1. The molecule has 5 heteroatoms. The van der Waals surface area contributed by atoms with Gasteiger partial charge in [0.05, 0.1) is 18.9 Å². The van der Waals surface area contributed by atoms with Crippen molar-refractivity contribution in [1.82, 2.24) is 4.90 Å². The minimum atomic E-state index is -0.288. The quantitative estimate of drug-likeness (QED) is 0.753. The van der Waals surface area contributed by atoms with Gasteiger partial charge in [0.2, 0.25) is 0 Å². The van der Waals surface area contributed by atoms with Gasteiger partial charge in [-0.15, -0.1) is 6.58 Å². The van der Waals surface area contributed by atoms with Gasteiger partial charge in [0.15, 0.2) is 0 Å². The zero-order valence-corrected chi connectivity index (χ0v) is 12.1. The number of ether oxygens (including phenoxy) is 1. The molecule has 1 rings (SSSR count). The highest BCUT2D eigenvalue weighted by Crippen LogP contribution is 2.26. The standard InChI is InChI=1S/C15H22N2O3/c1-4-8-17(9-10-18)15(19)16-13-7-6-12(3)11-14(13)20-5-2/h4,6-7,11,18H,1,5,8-10H2,2-3H3,(H,16,19). The molecule has 1 aromatic rings. The number of aryl methyl sites for hydroxylation is 1. The molecule has 0 aliphatic heterocycles. The highest BCUT2D eigenvalue weighted by molar-refractivity contribution is 5.91. The van der Waals surface area contributed by atoms with Crippen molar-refractivity contribution in [1.29, 1.82) is 0 Å². The first-order valence-electron chi connectivity index (χ1n) is 6.63. The van der Waals surface area contributed by atoms with Gasteiger partial charge >= 0.3 is 6.03 Å². The molecule has 0 unspecified atom stereocenters. The fraction of sp³-hybridized carbons (Fsp3) is 0.400. The minimum absolute atomic E-state index is 0.0898. The molecule has 1 aromatic carbocycles. The lowest BCUT2D eigenvalue weighted by atomic mass is 10.2. The van der Waals surface area contributed by atoms with Crippen LogP contribution in [0.2, 0.25) is 0 Å². The highest BCUT2D eigenvalue weighted by Gasteiger charge is 2.14. The Balaban J connectivity index is 2.85. The predicted octanol–water partition coefficient (Wildman–Crippen LogP) is 2.41. The van der Waals surface area contributed by atoms with E-state index >= 15 is 0 Å². The molecular weight excluding hydrogens is 256 g/mol. The molecule has 0 aromatic heterocycles. The van der Waals surface area contributed by atoms with E-state index in [1.54, 1.807) is 6.08 Å². The van der Waals surface area contributed by atoms with Gasteiger partial charge in [-0.1, -0.05) is 12.1 Å². The van der Waals surface area contributed by atoms with Gasteiger partial charge in [0.25, 0.3) is 0 Å². The number of carbonyl (C=O) groups excluding carboxylic acids is 1. The summed E-state index contributed by atoms with van der Waals surface area (Å²) in [7, 11) is 0. The van der Waals surface area contributed by atoms with Gasteiger partial charge in [-0.05, 0) is 31.5 Å². The molecule has 0 fully saturated rings. The monoisotopic (exact) mass is 278 g/mol. The van der Waals surface area contributed by atoms with Crippen LogP contribution < -0.4 is 10.1 Å². The number of nitrogens with one attached hydrogen (secondary N) is 1. The van der Waals surface area contributed by atoms with E-state index in [1.165, 1.54) is 4.90 Å². The average molecular weight is 278 g/mol. The van der Waals surface area contributed by atoms with Crippen molar-refractivity contribution in [2.24, 2.45) is 0 Å². The molecule has 0 spiro atoms. The van der Waals surface area contributed by atoms with E-state index in [2.05, 4.69) is 11.9 Å². The summed E-state index contributed by atoms with van der Waals surface area (Å²) in [5, 5.41) is 11.8. The van der Waals surface area contributed by atoms with Crippen LogP contribution in [0.3, 0.4) is 0 Å². The Morgan fingerprint density at radius 1 is 1.55 bits per heavy atom. The Morgan fingerprint density at radius 3 is 2.90 bits per heavy atom. The number of aliphatic hydroxyl groups excluding tert-OH is 1. The third kappa shape index (κ3) is 4.59. The summed E-state index contributed by atoms with van der Waals surface area (Å²) in [6.45, 7) is 8.53. The van der Waals surface area contributed by atoms with Crippen LogP contribution in [0.4, 0.5) is 10.5 Å². The van der Waals surface area contributed by atoms with Crippen LogP contribution in [0.25, 0.3) is 0 Å². The van der Waals surface area contributed by atoms with Crippen molar-refractivity contribution >= 4 is 11.7 Å². The number of aliphatic hydroxyl groups is 1. The lowest BCUT2D eigenvalue weighted by molar-refractivity contribution is 0.195. The number of rotatable bonds is 7. The Morgan fingerprint density at radius 2 is 2.30 bits per heavy atom. The number of carbonyl (C=O) groups is 1. The molecule has 0 saturated carbocycles. The second-order valence-corrected chi connectivity index (χ2v) is 4.32. The second-order valence-electron chi connectivity index (χ2n) is 4.32. The molecule has 2 amide bonds. The van der Waals surface area contributed by atoms with Crippen LogP contribution in [-0.2, 0) is 0 Å². The third-order valence-corrected chi connectivity index (χ3v) is 2.69. The summed E-state index contributed by atoms with van der Waals surface area (Å²) in [6.07, 6.45) is 1.62. The van der Waals surface area contributed by atoms with Crippen molar-refractivity contribution in [3.05, 3.63) is 36.4 Å². The van der Waals surface area contributed by atoms with E-state index in [4.69, 9.17) is 9.84 Å². The van der Waals surface area contributed by atoms with Crippen LogP contribution in [0.1, 0.15) is 12.5 Å². The summed E-state index contributed by atoms with van der Waals surface area (Å²) in [6, 6.07) is 5.30. The first kappa shape index (κ1) is 16.0. The maximum Gasteiger partial charge on any atom is 0.322 e. The molecule has 5 nitrogen and oxygen atoms in total. The molecule has 0 aliphatic carbocycles.